The highest BCUT2D eigenvalue weighted by Gasteiger charge is 2.25. The number of benzene rings is 1. The van der Waals surface area contributed by atoms with Crippen LogP contribution in [0.2, 0.25) is 0 Å². The molecule has 0 fully saturated rings. The summed E-state index contributed by atoms with van der Waals surface area (Å²) in [5, 5.41) is 12.9. The summed E-state index contributed by atoms with van der Waals surface area (Å²) in [4.78, 5) is 30.6. The number of allylic oxidation sites excluding steroid dienone is 1. The van der Waals surface area contributed by atoms with Gasteiger partial charge >= 0.3 is 12.1 Å². The second-order valence-electron chi connectivity index (χ2n) is 11.3. The lowest BCUT2D eigenvalue weighted by atomic mass is 10.0. The van der Waals surface area contributed by atoms with Crippen LogP contribution in [0.4, 0.5) is 10.6 Å². The van der Waals surface area contributed by atoms with Crippen LogP contribution in [-0.2, 0) is 31.8 Å². The molecule has 0 spiro atoms. The third kappa shape index (κ3) is 11.9. The number of anilines is 1. The Kier molecular flexibility index (Phi) is 11.5. The van der Waals surface area contributed by atoms with Crippen molar-refractivity contribution in [1.29, 1.82) is 0 Å². The average molecular weight is 542 g/mol. The van der Waals surface area contributed by atoms with Crippen LogP contribution in [0.3, 0.4) is 0 Å². The minimum Gasteiger partial charge on any atom is -0.467 e. The van der Waals surface area contributed by atoms with Gasteiger partial charge in [-0.3, -0.25) is 0 Å². The molecule has 1 aromatic carbocycles. The van der Waals surface area contributed by atoms with Crippen LogP contribution >= 0.6 is 0 Å². The van der Waals surface area contributed by atoms with Crippen molar-refractivity contribution in [2.75, 3.05) is 19.1 Å². The number of aryl methyl sites for hydroxylation is 1. The van der Waals surface area contributed by atoms with Crippen LogP contribution in [0.1, 0.15) is 64.8 Å². The highest BCUT2D eigenvalue weighted by Crippen LogP contribution is 2.18. The van der Waals surface area contributed by atoms with Gasteiger partial charge in [0, 0.05) is 19.2 Å². The van der Waals surface area contributed by atoms with Gasteiger partial charge in [0.1, 0.15) is 17.5 Å². The Labute approximate surface area is 232 Å². The fourth-order valence-electron chi connectivity index (χ4n) is 3.55. The molecule has 214 valence electrons. The van der Waals surface area contributed by atoms with Gasteiger partial charge in [-0.2, -0.15) is 0 Å². The Hall–Kier alpha value is -3.43. The Morgan fingerprint density at radius 2 is 1.72 bits per heavy atom. The first-order valence-corrected chi connectivity index (χ1v) is 13.0. The number of alkyl carbamates (subject to hydrolysis) is 1. The molecule has 1 amide bonds. The van der Waals surface area contributed by atoms with Crippen molar-refractivity contribution in [3.63, 3.8) is 0 Å². The predicted molar refractivity (Wildman–Crippen MR) is 152 cm³/mol. The maximum Gasteiger partial charge on any atom is 0.408 e. The maximum absolute atomic E-state index is 12.2. The van der Waals surface area contributed by atoms with E-state index in [4.69, 9.17) is 14.2 Å². The number of hydrogen-bond donors (Lipinski definition) is 2. The predicted octanol–water partition coefficient (Wildman–Crippen LogP) is 4.86. The minimum atomic E-state index is -1.09. The first kappa shape index (κ1) is 31.8. The highest BCUT2D eigenvalue weighted by atomic mass is 16.6. The molecule has 2 aromatic rings. The van der Waals surface area contributed by atoms with E-state index in [9.17, 15) is 14.7 Å². The molecule has 2 atom stereocenters. The second-order valence-corrected chi connectivity index (χ2v) is 11.3. The number of carbonyl (C=O) groups excluding carboxylic acids is 2. The van der Waals surface area contributed by atoms with Crippen molar-refractivity contribution in [2.24, 2.45) is 0 Å². The summed E-state index contributed by atoms with van der Waals surface area (Å²) in [6.45, 7) is 10.9. The number of amides is 1. The molecule has 0 aliphatic heterocycles. The molecule has 9 heteroatoms. The van der Waals surface area contributed by atoms with E-state index in [1.54, 1.807) is 32.7 Å². The topological polar surface area (TPSA) is 110 Å². The van der Waals surface area contributed by atoms with Crippen LogP contribution in [0.5, 0.6) is 0 Å². The van der Waals surface area contributed by atoms with Crippen molar-refractivity contribution in [2.45, 2.75) is 84.5 Å². The van der Waals surface area contributed by atoms with E-state index in [2.05, 4.69) is 16.4 Å². The van der Waals surface area contributed by atoms with E-state index in [-0.39, 0.29) is 6.42 Å². The lowest BCUT2D eigenvalue weighted by Crippen LogP contribution is -2.45. The summed E-state index contributed by atoms with van der Waals surface area (Å²) in [5.41, 5.74) is 1.65. The van der Waals surface area contributed by atoms with Gasteiger partial charge in [0.2, 0.25) is 6.41 Å². The Bertz CT molecular complexity index is 1100. The minimum absolute atomic E-state index is 0.280. The number of esters is 1. The number of aliphatic hydroxyl groups excluding tert-OH is 1. The molecule has 39 heavy (non-hydrogen) atoms. The molecule has 0 radical (unpaired) electrons. The number of hydrogen-bond acceptors (Lipinski definition) is 8. The van der Waals surface area contributed by atoms with Gasteiger partial charge in [-0.25, -0.2) is 14.6 Å². The molecular weight excluding hydrogens is 498 g/mol. The third-order valence-electron chi connectivity index (χ3n) is 5.42. The van der Waals surface area contributed by atoms with Crippen molar-refractivity contribution in [1.82, 2.24) is 10.3 Å². The van der Waals surface area contributed by atoms with Gasteiger partial charge in [0.15, 0.2) is 0 Å². The fourth-order valence-corrected chi connectivity index (χ4v) is 3.55. The Morgan fingerprint density at radius 3 is 2.31 bits per heavy atom. The van der Waals surface area contributed by atoms with E-state index in [0.29, 0.717) is 5.82 Å². The Balaban J connectivity index is 1.93. The molecule has 2 rings (SSSR count). The summed E-state index contributed by atoms with van der Waals surface area (Å²) in [5.74, 6) is 0.0974. The molecule has 0 aliphatic rings. The molecule has 1 heterocycles. The standard InChI is InChI=1S/C30H43N3O6/c1-29(2,3)38-27(35)32-24(26(34)37-8)20-22-18-16-21(17-19-22)12-9-10-13-23-14-11-15-25(31-23)33(7)28(36)39-30(4,5)6/h9,11-12,14-19,24,28,36H,10,13,20H2,1-8H3,(H,32,35)/b12-9+/t24-,28?/m0/s1. The van der Waals surface area contributed by atoms with E-state index in [1.165, 1.54) is 7.11 Å². The van der Waals surface area contributed by atoms with Crippen molar-refractivity contribution in [3.05, 3.63) is 65.4 Å². The van der Waals surface area contributed by atoms with Gasteiger partial charge in [-0.15, -0.1) is 0 Å². The molecular formula is C30H43N3O6. The number of nitrogens with one attached hydrogen (secondary N) is 1. The number of pyridine rings is 1. The first-order valence-electron chi connectivity index (χ1n) is 13.0. The van der Waals surface area contributed by atoms with E-state index in [0.717, 1.165) is 29.7 Å². The van der Waals surface area contributed by atoms with Crippen LogP contribution < -0.4 is 10.2 Å². The number of carbonyl (C=O) groups is 2. The summed E-state index contributed by atoms with van der Waals surface area (Å²) < 4.78 is 15.7. The molecule has 2 N–H and O–H groups in total. The van der Waals surface area contributed by atoms with Gasteiger partial charge in [-0.05, 0) is 77.6 Å². The molecule has 0 saturated carbocycles. The normalized spacial score (nSPS) is 13.6. The molecule has 0 aliphatic carbocycles. The largest absolute Gasteiger partial charge is 0.467 e. The van der Waals surface area contributed by atoms with Crippen LogP contribution in [0.25, 0.3) is 6.08 Å². The number of ether oxygens (including phenoxy) is 3. The number of rotatable bonds is 11. The molecule has 1 aromatic heterocycles. The SMILES string of the molecule is COC(=O)[C@H](Cc1ccc(/C=C/CCc2cccc(N(C)C(O)OC(C)(C)C)n2)cc1)NC(=O)OC(C)(C)C. The number of aliphatic hydroxyl groups is 1. The summed E-state index contributed by atoms with van der Waals surface area (Å²) in [6, 6.07) is 12.6. The number of nitrogens with zero attached hydrogens (tertiary/aromatic N) is 2. The number of methoxy groups -OCH3 is 1. The van der Waals surface area contributed by atoms with E-state index < -0.39 is 35.7 Å². The van der Waals surface area contributed by atoms with Crippen LogP contribution in [0, 0.1) is 0 Å². The highest BCUT2D eigenvalue weighted by molar-refractivity contribution is 5.81. The lowest BCUT2D eigenvalue weighted by molar-refractivity contribution is -0.163. The first-order chi connectivity index (χ1) is 18.2. The van der Waals surface area contributed by atoms with Crippen molar-refractivity contribution in [3.8, 4) is 0 Å². The monoisotopic (exact) mass is 541 g/mol. The smallest absolute Gasteiger partial charge is 0.408 e. The van der Waals surface area contributed by atoms with Gasteiger partial charge in [0.05, 0.1) is 12.7 Å². The average Bonchev–Trinajstić information content (AvgIpc) is 2.84. The van der Waals surface area contributed by atoms with E-state index in [1.807, 2.05) is 69.3 Å². The zero-order chi connectivity index (χ0) is 29.2. The molecule has 0 bridgehead atoms. The molecule has 9 nitrogen and oxygen atoms in total. The summed E-state index contributed by atoms with van der Waals surface area (Å²) >= 11 is 0. The van der Waals surface area contributed by atoms with E-state index >= 15 is 0 Å². The van der Waals surface area contributed by atoms with Gasteiger partial charge < -0.3 is 29.5 Å². The molecule has 0 saturated heterocycles. The zero-order valence-electron chi connectivity index (χ0n) is 24.4. The van der Waals surface area contributed by atoms with Crippen LogP contribution in [0.15, 0.2) is 48.5 Å². The van der Waals surface area contributed by atoms with Gasteiger partial charge in [-0.1, -0.05) is 42.5 Å². The Morgan fingerprint density at radius 1 is 1.05 bits per heavy atom. The van der Waals surface area contributed by atoms with Crippen molar-refractivity contribution < 1.29 is 28.9 Å². The second kappa shape index (κ2) is 14.1. The quantitative estimate of drug-likeness (QED) is 0.307. The van der Waals surface area contributed by atoms with Crippen LogP contribution in [-0.4, -0.2) is 60.0 Å². The number of aromatic nitrogens is 1. The van der Waals surface area contributed by atoms with Gasteiger partial charge in [0.25, 0.3) is 0 Å². The lowest BCUT2D eigenvalue weighted by Gasteiger charge is -2.30. The maximum atomic E-state index is 12.2. The summed E-state index contributed by atoms with van der Waals surface area (Å²) in [7, 11) is 3.03. The third-order valence-corrected chi connectivity index (χ3v) is 5.42. The fraction of sp³-hybridized carbons (Fsp3) is 0.500. The zero-order valence-corrected chi connectivity index (χ0v) is 24.4. The van der Waals surface area contributed by atoms with Crippen molar-refractivity contribution >= 4 is 24.0 Å². The molecule has 1 unspecified atom stereocenters. The summed E-state index contributed by atoms with van der Waals surface area (Å²) in [6.07, 6.45) is 4.15.